The Labute approximate surface area is 331 Å². The minimum Gasteiger partial charge on any atom is -0.323 e. The Morgan fingerprint density at radius 1 is 0.339 bits per heavy atom. The number of aromatic nitrogens is 1. The number of nitrogens with zero attached hydrogens (tertiary/aromatic N) is 2. The van der Waals surface area contributed by atoms with Gasteiger partial charge in [-0.05, 0) is 117 Å². The van der Waals surface area contributed by atoms with Crippen molar-refractivity contribution in [2.45, 2.75) is 0 Å². The van der Waals surface area contributed by atoms with Crippen LogP contribution in [0.4, 0.5) is 17.1 Å². The molecular formula is C52H32N2S2. The number of anilines is 3. The highest BCUT2D eigenvalue weighted by Gasteiger charge is 2.18. The zero-order chi connectivity index (χ0) is 36.7. The first-order valence-electron chi connectivity index (χ1n) is 19.0. The molecule has 4 heterocycles. The SMILES string of the molecule is c1ccc2cc3c(cc2c1)sc1cc(N(c2ccc(-c4ccc(-c5cc6ccccn6c5)cc4)cc2)c2ccc4c(c2)sc2cc5ccccc5cc24)ccc13. The van der Waals surface area contributed by atoms with Crippen molar-refractivity contribution in [1.29, 1.82) is 0 Å². The highest BCUT2D eigenvalue weighted by molar-refractivity contribution is 7.26. The molecule has 0 N–H and O–H groups in total. The molecule has 8 aromatic carbocycles. The molecule has 12 rings (SSSR count). The first kappa shape index (κ1) is 31.6. The lowest BCUT2D eigenvalue weighted by atomic mass is 10.0. The second-order valence-corrected chi connectivity index (χ2v) is 16.8. The summed E-state index contributed by atoms with van der Waals surface area (Å²) in [4.78, 5) is 2.42. The number of thiophene rings is 2. The van der Waals surface area contributed by atoms with E-state index in [1.54, 1.807) is 0 Å². The Morgan fingerprint density at radius 2 is 0.786 bits per heavy atom. The van der Waals surface area contributed by atoms with Gasteiger partial charge >= 0.3 is 0 Å². The fraction of sp³-hybridized carbons (Fsp3) is 0. The maximum atomic E-state index is 2.42. The summed E-state index contributed by atoms with van der Waals surface area (Å²) in [5.41, 5.74) is 9.47. The molecule has 12 aromatic rings. The summed E-state index contributed by atoms with van der Waals surface area (Å²) in [6.07, 6.45) is 4.30. The first-order valence-corrected chi connectivity index (χ1v) is 20.6. The van der Waals surface area contributed by atoms with E-state index in [1.807, 2.05) is 22.7 Å². The molecule has 262 valence electrons. The van der Waals surface area contributed by atoms with E-state index in [1.165, 1.54) is 89.7 Å². The molecule has 4 aromatic heterocycles. The highest BCUT2D eigenvalue weighted by Crippen LogP contribution is 2.44. The van der Waals surface area contributed by atoms with E-state index < -0.39 is 0 Å². The van der Waals surface area contributed by atoms with Crippen LogP contribution in [-0.4, -0.2) is 4.40 Å². The summed E-state index contributed by atoms with van der Waals surface area (Å²) in [6, 6.07) is 67.3. The largest absolute Gasteiger partial charge is 0.323 e. The predicted molar refractivity (Wildman–Crippen MR) is 244 cm³/mol. The number of hydrogen-bond donors (Lipinski definition) is 0. The van der Waals surface area contributed by atoms with Crippen molar-refractivity contribution < 1.29 is 0 Å². The second-order valence-electron chi connectivity index (χ2n) is 14.7. The molecule has 56 heavy (non-hydrogen) atoms. The molecule has 0 aliphatic rings. The van der Waals surface area contributed by atoms with Crippen LogP contribution in [0.15, 0.2) is 194 Å². The minimum atomic E-state index is 1.13. The number of fused-ring (bicyclic) bond motifs is 9. The van der Waals surface area contributed by atoms with Gasteiger partial charge in [0.2, 0.25) is 0 Å². The van der Waals surface area contributed by atoms with Gasteiger partial charge in [-0.15, -0.1) is 22.7 Å². The van der Waals surface area contributed by atoms with Crippen LogP contribution in [0, 0.1) is 0 Å². The van der Waals surface area contributed by atoms with Gasteiger partial charge in [0.25, 0.3) is 0 Å². The van der Waals surface area contributed by atoms with Gasteiger partial charge in [-0.2, -0.15) is 0 Å². The molecule has 0 saturated carbocycles. The topological polar surface area (TPSA) is 7.65 Å². The van der Waals surface area contributed by atoms with Gasteiger partial charge in [-0.1, -0.05) is 103 Å². The van der Waals surface area contributed by atoms with Crippen molar-refractivity contribution >= 4 is 107 Å². The summed E-state index contributed by atoms with van der Waals surface area (Å²) in [5, 5.41) is 10.4. The van der Waals surface area contributed by atoms with Gasteiger partial charge in [0.15, 0.2) is 0 Å². The summed E-state index contributed by atoms with van der Waals surface area (Å²) < 4.78 is 7.40. The smallest absolute Gasteiger partial charge is 0.0476 e. The van der Waals surface area contributed by atoms with Crippen molar-refractivity contribution in [3.8, 4) is 22.3 Å². The van der Waals surface area contributed by atoms with E-state index in [0.717, 1.165) is 17.1 Å². The van der Waals surface area contributed by atoms with Crippen molar-refractivity contribution in [1.82, 2.24) is 4.40 Å². The van der Waals surface area contributed by atoms with Crippen LogP contribution < -0.4 is 4.90 Å². The Balaban J connectivity index is 0.964. The molecule has 0 bridgehead atoms. The Morgan fingerprint density at radius 3 is 1.32 bits per heavy atom. The third-order valence-electron chi connectivity index (χ3n) is 11.3. The summed E-state index contributed by atoms with van der Waals surface area (Å²) in [7, 11) is 0. The van der Waals surface area contributed by atoms with Crippen LogP contribution in [0.2, 0.25) is 0 Å². The van der Waals surface area contributed by atoms with Gasteiger partial charge in [0, 0.05) is 80.9 Å². The molecule has 0 spiro atoms. The van der Waals surface area contributed by atoms with E-state index in [-0.39, 0.29) is 0 Å². The minimum absolute atomic E-state index is 1.13. The van der Waals surface area contributed by atoms with Crippen LogP contribution in [0.25, 0.3) is 89.7 Å². The fourth-order valence-corrected chi connectivity index (χ4v) is 10.8. The van der Waals surface area contributed by atoms with E-state index in [2.05, 4.69) is 204 Å². The summed E-state index contributed by atoms with van der Waals surface area (Å²) in [6.45, 7) is 0. The van der Waals surface area contributed by atoms with E-state index in [4.69, 9.17) is 0 Å². The number of benzene rings is 8. The molecule has 0 fully saturated rings. The molecule has 0 unspecified atom stereocenters. The average molecular weight is 749 g/mol. The van der Waals surface area contributed by atoms with Crippen molar-refractivity contribution in [3.05, 3.63) is 194 Å². The number of rotatable bonds is 5. The molecule has 2 nitrogen and oxygen atoms in total. The van der Waals surface area contributed by atoms with Crippen LogP contribution in [-0.2, 0) is 0 Å². The second kappa shape index (κ2) is 12.4. The first-order chi connectivity index (χ1) is 27.7. The Kier molecular flexibility index (Phi) is 7.00. The highest BCUT2D eigenvalue weighted by atomic mass is 32.1. The lowest BCUT2D eigenvalue weighted by Gasteiger charge is -2.26. The van der Waals surface area contributed by atoms with Crippen molar-refractivity contribution in [2.75, 3.05) is 4.90 Å². The monoisotopic (exact) mass is 748 g/mol. The van der Waals surface area contributed by atoms with Crippen molar-refractivity contribution in [3.63, 3.8) is 0 Å². The van der Waals surface area contributed by atoms with Gasteiger partial charge in [0.05, 0.1) is 0 Å². The van der Waals surface area contributed by atoms with Gasteiger partial charge in [-0.25, -0.2) is 0 Å². The van der Waals surface area contributed by atoms with Crippen LogP contribution >= 0.6 is 22.7 Å². The summed E-state index contributed by atoms with van der Waals surface area (Å²) >= 11 is 3.76. The number of pyridine rings is 1. The van der Waals surface area contributed by atoms with E-state index in [9.17, 15) is 0 Å². The van der Waals surface area contributed by atoms with Crippen molar-refractivity contribution in [2.24, 2.45) is 0 Å². The van der Waals surface area contributed by atoms with Crippen LogP contribution in [0.5, 0.6) is 0 Å². The molecule has 0 radical (unpaired) electrons. The molecule has 0 aliphatic heterocycles. The van der Waals surface area contributed by atoms with E-state index in [0.29, 0.717) is 0 Å². The molecule has 0 atom stereocenters. The quantitative estimate of drug-likeness (QED) is 0.170. The van der Waals surface area contributed by atoms with E-state index >= 15 is 0 Å². The third-order valence-corrected chi connectivity index (χ3v) is 13.6. The van der Waals surface area contributed by atoms with Gasteiger partial charge in [0.1, 0.15) is 0 Å². The van der Waals surface area contributed by atoms with Gasteiger partial charge < -0.3 is 9.30 Å². The Bertz CT molecular complexity index is 3290. The Hall–Kier alpha value is -6.72. The zero-order valence-corrected chi connectivity index (χ0v) is 31.8. The fourth-order valence-electron chi connectivity index (χ4n) is 8.50. The zero-order valence-electron chi connectivity index (χ0n) is 30.2. The van der Waals surface area contributed by atoms with Crippen LogP contribution in [0.3, 0.4) is 0 Å². The lowest BCUT2D eigenvalue weighted by molar-refractivity contribution is 1.20. The molecular weight excluding hydrogens is 717 g/mol. The molecule has 0 amide bonds. The average Bonchev–Trinajstić information content (AvgIpc) is 3.95. The molecule has 0 saturated heterocycles. The molecule has 0 aliphatic carbocycles. The maximum Gasteiger partial charge on any atom is 0.0476 e. The third kappa shape index (κ3) is 5.15. The van der Waals surface area contributed by atoms with Crippen LogP contribution in [0.1, 0.15) is 0 Å². The lowest BCUT2D eigenvalue weighted by Crippen LogP contribution is -2.09. The maximum absolute atomic E-state index is 2.42. The normalized spacial score (nSPS) is 11.9. The van der Waals surface area contributed by atoms with Gasteiger partial charge in [-0.3, -0.25) is 0 Å². The number of hydrogen-bond acceptors (Lipinski definition) is 3. The predicted octanol–water partition coefficient (Wildman–Crippen LogP) is 15.8. The standard InChI is InChI=1S/C52H32N2S2/c1-3-9-38-28-49-47(26-36(38)7-1)45-22-20-43(30-51(45)55-49)54(44-21-23-46-48-27-37-8-2-4-10-39(37)29-50(48)56-52(46)31-44)41-18-16-34(17-19-41)33-12-14-35(15-13-33)40-25-42-11-5-6-24-53(42)32-40/h1-32H. The summed E-state index contributed by atoms with van der Waals surface area (Å²) in [5.74, 6) is 0. The molecule has 4 heteroatoms.